The third kappa shape index (κ3) is 5.05. The smallest absolute Gasteiger partial charge is 0.119 e. The first-order chi connectivity index (χ1) is 10.8. The molecule has 2 rings (SSSR count). The molecule has 1 atom stereocenters. The Morgan fingerprint density at radius 2 is 1.82 bits per heavy atom. The molecule has 0 radical (unpaired) electrons. The van der Waals surface area contributed by atoms with E-state index in [4.69, 9.17) is 4.74 Å². The molecule has 0 bridgehead atoms. The van der Waals surface area contributed by atoms with Gasteiger partial charge in [-0.3, -0.25) is 0 Å². The lowest BCUT2D eigenvalue weighted by molar-refractivity contribution is 0.363. The molecule has 2 nitrogen and oxygen atoms in total. The molecule has 2 aromatic carbocycles. The number of hydrogen-bond acceptors (Lipinski definition) is 2. The van der Waals surface area contributed by atoms with Crippen LogP contribution in [0, 0.1) is 0 Å². The van der Waals surface area contributed by atoms with Crippen LogP contribution in [0.25, 0.3) is 0 Å². The standard InChI is InChI=1S/C20H25NO/c1-3-8-20(18-9-6-5-7-10-18)21-16-17-11-13-19(14-12-17)22-15-4-2/h4-7,9-14,20-21H,2-3,8,15-16H2,1H3. The summed E-state index contributed by atoms with van der Waals surface area (Å²) in [6.07, 6.45) is 4.07. The Morgan fingerprint density at radius 3 is 2.45 bits per heavy atom. The highest BCUT2D eigenvalue weighted by atomic mass is 16.5. The number of benzene rings is 2. The Bertz CT molecular complexity index is 548. The summed E-state index contributed by atoms with van der Waals surface area (Å²) in [7, 11) is 0. The Morgan fingerprint density at radius 1 is 1.09 bits per heavy atom. The van der Waals surface area contributed by atoms with E-state index in [1.807, 2.05) is 12.1 Å². The maximum atomic E-state index is 5.51. The van der Waals surface area contributed by atoms with Crippen molar-refractivity contribution < 1.29 is 4.74 Å². The zero-order valence-corrected chi connectivity index (χ0v) is 13.3. The van der Waals surface area contributed by atoms with Gasteiger partial charge in [0.05, 0.1) is 0 Å². The molecule has 116 valence electrons. The predicted octanol–water partition coefficient (Wildman–Crippen LogP) is 4.88. The summed E-state index contributed by atoms with van der Waals surface area (Å²) in [5.41, 5.74) is 2.62. The van der Waals surface area contributed by atoms with Gasteiger partial charge < -0.3 is 10.1 Å². The molecular formula is C20H25NO. The van der Waals surface area contributed by atoms with Crippen molar-refractivity contribution in [3.63, 3.8) is 0 Å². The van der Waals surface area contributed by atoms with E-state index < -0.39 is 0 Å². The van der Waals surface area contributed by atoms with E-state index in [1.165, 1.54) is 17.5 Å². The van der Waals surface area contributed by atoms with Crippen molar-refractivity contribution in [2.75, 3.05) is 6.61 Å². The lowest BCUT2D eigenvalue weighted by Gasteiger charge is -2.19. The van der Waals surface area contributed by atoms with Crippen LogP contribution in [0.4, 0.5) is 0 Å². The molecule has 1 N–H and O–H groups in total. The van der Waals surface area contributed by atoms with Crippen LogP contribution in [-0.4, -0.2) is 6.61 Å². The van der Waals surface area contributed by atoms with Gasteiger partial charge in [0.15, 0.2) is 0 Å². The van der Waals surface area contributed by atoms with Gasteiger partial charge in [-0.15, -0.1) is 0 Å². The lowest BCUT2D eigenvalue weighted by atomic mass is 10.0. The van der Waals surface area contributed by atoms with Crippen LogP contribution in [0.15, 0.2) is 67.3 Å². The quantitative estimate of drug-likeness (QED) is 0.666. The molecule has 22 heavy (non-hydrogen) atoms. The van der Waals surface area contributed by atoms with E-state index in [0.717, 1.165) is 18.7 Å². The number of rotatable bonds is 9. The summed E-state index contributed by atoms with van der Waals surface area (Å²) >= 11 is 0. The fourth-order valence-corrected chi connectivity index (χ4v) is 2.46. The van der Waals surface area contributed by atoms with Crippen LogP contribution in [0.1, 0.15) is 36.9 Å². The Kier molecular flexibility index (Phi) is 6.72. The highest BCUT2D eigenvalue weighted by Crippen LogP contribution is 2.19. The molecule has 0 spiro atoms. The van der Waals surface area contributed by atoms with Crippen molar-refractivity contribution in [3.05, 3.63) is 78.4 Å². The van der Waals surface area contributed by atoms with Gasteiger partial charge >= 0.3 is 0 Å². The second kappa shape index (κ2) is 9.06. The summed E-state index contributed by atoms with van der Waals surface area (Å²) in [4.78, 5) is 0. The second-order valence-corrected chi connectivity index (χ2v) is 5.38. The molecule has 0 saturated heterocycles. The van der Waals surface area contributed by atoms with Gasteiger partial charge in [-0.1, -0.05) is 68.5 Å². The first-order valence-electron chi connectivity index (χ1n) is 7.94. The van der Waals surface area contributed by atoms with Gasteiger partial charge in [0.25, 0.3) is 0 Å². The van der Waals surface area contributed by atoms with E-state index in [9.17, 15) is 0 Å². The highest BCUT2D eigenvalue weighted by molar-refractivity contribution is 5.27. The topological polar surface area (TPSA) is 21.3 Å². The lowest BCUT2D eigenvalue weighted by Crippen LogP contribution is -2.20. The van der Waals surface area contributed by atoms with Crippen LogP contribution in [0.5, 0.6) is 5.75 Å². The fraction of sp³-hybridized carbons (Fsp3) is 0.300. The van der Waals surface area contributed by atoms with Crippen molar-refractivity contribution in [1.82, 2.24) is 5.32 Å². The molecule has 0 aliphatic heterocycles. The zero-order valence-electron chi connectivity index (χ0n) is 13.3. The molecule has 2 aromatic rings. The molecule has 0 aromatic heterocycles. The van der Waals surface area contributed by atoms with Crippen molar-refractivity contribution in [1.29, 1.82) is 0 Å². The van der Waals surface area contributed by atoms with Crippen LogP contribution >= 0.6 is 0 Å². The van der Waals surface area contributed by atoms with Crippen molar-refractivity contribution in [2.24, 2.45) is 0 Å². The van der Waals surface area contributed by atoms with Gasteiger partial charge in [-0.2, -0.15) is 0 Å². The van der Waals surface area contributed by atoms with E-state index in [2.05, 4.69) is 61.3 Å². The maximum Gasteiger partial charge on any atom is 0.119 e. The molecule has 2 heteroatoms. The normalized spacial score (nSPS) is 11.9. The Hall–Kier alpha value is -2.06. The average molecular weight is 295 g/mol. The minimum absolute atomic E-state index is 0.405. The minimum atomic E-state index is 0.405. The molecule has 1 unspecified atom stereocenters. The molecule has 0 aliphatic carbocycles. The van der Waals surface area contributed by atoms with Crippen molar-refractivity contribution in [2.45, 2.75) is 32.4 Å². The van der Waals surface area contributed by atoms with E-state index in [1.54, 1.807) is 6.08 Å². The first-order valence-corrected chi connectivity index (χ1v) is 7.94. The molecule has 0 saturated carbocycles. The minimum Gasteiger partial charge on any atom is -0.490 e. The third-order valence-electron chi connectivity index (χ3n) is 3.62. The number of ether oxygens (including phenoxy) is 1. The monoisotopic (exact) mass is 295 g/mol. The van der Waals surface area contributed by atoms with Crippen LogP contribution in [0.3, 0.4) is 0 Å². The summed E-state index contributed by atoms with van der Waals surface area (Å²) in [5.74, 6) is 0.886. The third-order valence-corrected chi connectivity index (χ3v) is 3.62. The summed E-state index contributed by atoms with van der Waals surface area (Å²) in [5, 5.41) is 3.66. The Balaban J connectivity index is 1.93. The Labute approximate surface area is 133 Å². The average Bonchev–Trinajstić information content (AvgIpc) is 2.58. The largest absolute Gasteiger partial charge is 0.490 e. The number of hydrogen-bond donors (Lipinski definition) is 1. The molecule has 0 fully saturated rings. The van der Waals surface area contributed by atoms with Crippen LogP contribution in [-0.2, 0) is 6.54 Å². The zero-order chi connectivity index (χ0) is 15.6. The van der Waals surface area contributed by atoms with E-state index in [-0.39, 0.29) is 0 Å². The predicted molar refractivity (Wildman–Crippen MR) is 93.1 cm³/mol. The molecule has 0 heterocycles. The van der Waals surface area contributed by atoms with Crippen molar-refractivity contribution in [3.8, 4) is 5.75 Å². The fourth-order valence-electron chi connectivity index (χ4n) is 2.46. The summed E-state index contributed by atoms with van der Waals surface area (Å²) < 4.78 is 5.51. The summed E-state index contributed by atoms with van der Waals surface area (Å²) in [6.45, 7) is 7.29. The molecule has 0 aliphatic rings. The van der Waals surface area contributed by atoms with Crippen LogP contribution in [0.2, 0.25) is 0 Å². The first kappa shape index (κ1) is 16.3. The maximum absolute atomic E-state index is 5.51. The molecule has 0 amide bonds. The van der Waals surface area contributed by atoms with Gasteiger partial charge in [-0.05, 0) is 29.7 Å². The second-order valence-electron chi connectivity index (χ2n) is 5.38. The van der Waals surface area contributed by atoms with E-state index in [0.29, 0.717) is 12.6 Å². The van der Waals surface area contributed by atoms with Crippen LogP contribution < -0.4 is 10.1 Å². The van der Waals surface area contributed by atoms with Gasteiger partial charge in [0, 0.05) is 12.6 Å². The van der Waals surface area contributed by atoms with Crippen molar-refractivity contribution >= 4 is 0 Å². The SMILES string of the molecule is C=CCOc1ccc(CNC(CCC)c2ccccc2)cc1. The van der Waals surface area contributed by atoms with Gasteiger partial charge in [0.2, 0.25) is 0 Å². The molecular weight excluding hydrogens is 270 g/mol. The highest BCUT2D eigenvalue weighted by Gasteiger charge is 2.09. The van der Waals surface area contributed by atoms with Gasteiger partial charge in [-0.25, -0.2) is 0 Å². The van der Waals surface area contributed by atoms with Gasteiger partial charge in [0.1, 0.15) is 12.4 Å². The van der Waals surface area contributed by atoms with E-state index >= 15 is 0 Å². The summed E-state index contributed by atoms with van der Waals surface area (Å²) in [6, 6.07) is 19.3. The number of nitrogens with one attached hydrogen (secondary N) is 1.